The maximum atomic E-state index is 12.3. The van der Waals surface area contributed by atoms with E-state index in [1.165, 1.54) is 4.57 Å². The molecule has 1 saturated heterocycles. The average Bonchev–Trinajstić information content (AvgIpc) is 2.94. The second-order valence-corrected chi connectivity index (χ2v) is 7.03. The van der Waals surface area contributed by atoms with Crippen molar-refractivity contribution in [1.29, 1.82) is 0 Å². The van der Waals surface area contributed by atoms with E-state index < -0.39 is 0 Å². The molecule has 1 fully saturated rings. The number of carbonyl (C=O) groups is 2. The zero-order valence-electron chi connectivity index (χ0n) is 15.9. The zero-order chi connectivity index (χ0) is 19.6. The van der Waals surface area contributed by atoms with E-state index in [-0.39, 0.29) is 42.9 Å². The van der Waals surface area contributed by atoms with Crippen molar-refractivity contribution in [3.8, 4) is 0 Å². The summed E-state index contributed by atoms with van der Waals surface area (Å²) in [6, 6.07) is 9.34. The molecule has 2 amide bonds. The molecule has 0 aliphatic carbocycles. The number of anilines is 1. The van der Waals surface area contributed by atoms with E-state index in [0.29, 0.717) is 12.2 Å². The predicted molar refractivity (Wildman–Crippen MR) is 103 cm³/mol. The molecular formula is C20H24N4O3. The summed E-state index contributed by atoms with van der Waals surface area (Å²) in [6.07, 6.45) is 0.450. The summed E-state index contributed by atoms with van der Waals surface area (Å²) in [5.41, 5.74) is 3.07. The van der Waals surface area contributed by atoms with Gasteiger partial charge in [-0.25, -0.2) is 4.79 Å². The van der Waals surface area contributed by atoms with Crippen LogP contribution in [0.4, 0.5) is 5.69 Å². The molecule has 7 heteroatoms. The molecule has 2 aromatic rings. The zero-order valence-corrected chi connectivity index (χ0v) is 15.9. The van der Waals surface area contributed by atoms with Gasteiger partial charge in [0.05, 0.1) is 6.04 Å². The van der Waals surface area contributed by atoms with Gasteiger partial charge in [-0.3, -0.25) is 14.2 Å². The van der Waals surface area contributed by atoms with Gasteiger partial charge in [-0.1, -0.05) is 17.7 Å². The van der Waals surface area contributed by atoms with E-state index >= 15 is 0 Å². The molecule has 0 saturated carbocycles. The van der Waals surface area contributed by atoms with Crippen LogP contribution in [0, 0.1) is 20.8 Å². The van der Waals surface area contributed by atoms with Crippen LogP contribution in [0.15, 0.2) is 35.1 Å². The second-order valence-electron chi connectivity index (χ2n) is 7.03. The molecule has 142 valence electrons. The minimum absolute atomic E-state index is 0.000971. The number of aryl methyl sites for hydroxylation is 3. The molecule has 0 unspecified atom stereocenters. The summed E-state index contributed by atoms with van der Waals surface area (Å²) in [7, 11) is 0. The number of aromatic nitrogens is 2. The Hall–Kier alpha value is -2.96. The van der Waals surface area contributed by atoms with Crippen molar-refractivity contribution >= 4 is 17.5 Å². The summed E-state index contributed by atoms with van der Waals surface area (Å²) < 4.78 is 1.49. The molecular weight excluding hydrogens is 344 g/mol. The lowest BCUT2D eigenvalue weighted by molar-refractivity contribution is -0.122. The average molecular weight is 368 g/mol. The monoisotopic (exact) mass is 368 g/mol. The van der Waals surface area contributed by atoms with Gasteiger partial charge in [-0.15, -0.1) is 0 Å². The summed E-state index contributed by atoms with van der Waals surface area (Å²) in [4.78, 5) is 42.1. The maximum Gasteiger partial charge on any atom is 0.347 e. The van der Waals surface area contributed by atoms with E-state index in [1.807, 2.05) is 44.2 Å². The molecule has 3 rings (SSSR count). The molecule has 1 aromatic heterocycles. The lowest BCUT2D eigenvalue weighted by atomic mass is 10.2. The van der Waals surface area contributed by atoms with Gasteiger partial charge in [0, 0.05) is 43.0 Å². The Morgan fingerprint density at radius 3 is 2.56 bits per heavy atom. The first-order valence-electron chi connectivity index (χ1n) is 9.05. The number of benzene rings is 1. The van der Waals surface area contributed by atoms with Crippen molar-refractivity contribution in [3.63, 3.8) is 0 Å². The third-order valence-electron chi connectivity index (χ3n) is 4.74. The van der Waals surface area contributed by atoms with Gasteiger partial charge in [-0.2, -0.15) is 4.98 Å². The van der Waals surface area contributed by atoms with Crippen LogP contribution in [0.5, 0.6) is 0 Å². The highest BCUT2D eigenvalue weighted by Crippen LogP contribution is 2.22. The fourth-order valence-corrected chi connectivity index (χ4v) is 3.34. The molecule has 1 atom stereocenters. The molecule has 0 bridgehead atoms. The normalized spacial score (nSPS) is 16.6. The van der Waals surface area contributed by atoms with Crippen molar-refractivity contribution in [3.05, 3.63) is 57.8 Å². The Labute approximate surface area is 158 Å². The van der Waals surface area contributed by atoms with Crippen LogP contribution in [-0.4, -0.2) is 34.0 Å². The molecule has 0 radical (unpaired) electrons. The van der Waals surface area contributed by atoms with Gasteiger partial charge in [0.15, 0.2) is 0 Å². The van der Waals surface area contributed by atoms with Crippen molar-refractivity contribution < 1.29 is 9.59 Å². The topological polar surface area (TPSA) is 84.3 Å². The first-order chi connectivity index (χ1) is 12.8. The fraction of sp³-hybridized carbons (Fsp3) is 0.400. The van der Waals surface area contributed by atoms with E-state index in [1.54, 1.807) is 11.8 Å². The number of nitrogens with zero attached hydrogens (tertiary/aromatic N) is 3. The first-order valence-corrected chi connectivity index (χ1v) is 9.05. The second kappa shape index (κ2) is 7.73. The van der Waals surface area contributed by atoms with E-state index in [4.69, 9.17) is 0 Å². The molecule has 2 heterocycles. The smallest absolute Gasteiger partial charge is 0.347 e. The Morgan fingerprint density at radius 1 is 1.19 bits per heavy atom. The van der Waals surface area contributed by atoms with Crippen LogP contribution in [0.3, 0.4) is 0 Å². The molecule has 7 nitrogen and oxygen atoms in total. The number of hydrogen-bond donors (Lipinski definition) is 1. The molecule has 1 aliphatic rings. The highest BCUT2D eigenvalue weighted by atomic mass is 16.2. The van der Waals surface area contributed by atoms with Crippen molar-refractivity contribution in [2.75, 3.05) is 11.4 Å². The number of hydrogen-bond acceptors (Lipinski definition) is 4. The molecule has 1 aliphatic heterocycles. The summed E-state index contributed by atoms with van der Waals surface area (Å²) in [5.74, 6) is -0.176. The van der Waals surface area contributed by atoms with Crippen LogP contribution < -0.4 is 15.9 Å². The Kier molecular flexibility index (Phi) is 5.39. The van der Waals surface area contributed by atoms with Gasteiger partial charge in [-0.05, 0) is 39.0 Å². The Morgan fingerprint density at radius 2 is 1.89 bits per heavy atom. The van der Waals surface area contributed by atoms with Crippen LogP contribution in [0.2, 0.25) is 0 Å². The largest absolute Gasteiger partial charge is 0.351 e. The molecule has 1 N–H and O–H groups in total. The van der Waals surface area contributed by atoms with Crippen molar-refractivity contribution in [1.82, 2.24) is 14.9 Å². The van der Waals surface area contributed by atoms with E-state index in [9.17, 15) is 14.4 Å². The first kappa shape index (κ1) is 18.8. The third kappa shape index (κ3) is 4.42. The van der Waals surface area contributed by atoms with Crippen LogP contribution >= 0.6 is 0 Å². The fourth-order valence-electron chi connectivity index (χ4n) is 3.34. The number of rotatable bonds is 5. The predicted octanol–water partition coefficient (Wildman–Crippen LogP) is 1.48. The quantitative estimate of drug-likeness (QED) is 0.866. The SMILES string of the molecule is Cc1ccc(N2C[C@@H](NC(=O)CCn3c(C)cc(C)nc3=O)CC2=O)cc1. The third-order valence-corrected chi connectivity index (χ3v) is 4.74. The standard InChI is InChI=1S/C20H24N4O3/c1-13-4-6-17(7-5-13)24-12-16(11-19(24)26)22-18(25)8-9-23-15(3)10-14(2)21-20(23)27/h4-7,10,16H,8-9,11-12H2,1-3H3,(H,22,25)/t16-/m0/s1. The van der Waals surface area contributed by atoms with Crippen molar-refractivity contribution in [2.45, 2.75) is 46.2 Å². The van der Waals surface area contributed by atoms with E-state index in [0.717, 1.165) is 16.9 Å². The summed E-state index contributed by atoms with van der Waals surface area (Å²) in [6.45, 7) is 6.31. The van der Waals surface area contributed by atoms with E-state index in [2.05, 4.69) is 10.3 Å². The Balaban J connectivity index is 1.57. The lowest BCUT2D eigenvalue weighted by Crippen LogP contribution is -2.38. The van der Waals surface area contributed by atoms with Gasteiger partial charge < -0.3 is 10.2 Å². The van der Waals surface area contributed by atoms with Crippen molar-refractivity contribution in [2.24, 2.45) is 0 Å². The number of nitrogens with one attached hydrogen (secondary N) is 1. The van der Waals surface area contributed by atoms with Gasteiger partial charge in [0.2, 0.25) is 11.8 Å². The number of carbonyl (C=O) groups excluding carboxylic acids is 2. The maximum absolute atomic E-state index is 12.3. The Bertz CT molecular complexity index is 918. The minimum Gasteiger partial charge on any atom is -0.351 e. The summed E-state index contributed by atoms with van der Waals surface area (Å²) in [5, 5.41) is 2.90. The van der Waals surface area contributed by atoms with Gasteiger partial charge in [0.25, 0.3) is 0 Å². The van der Waals surface area contributed by atoms with Gasteiger partial charge in [0.1, 0.15) is 0 Å². The molecule has 0 spiro atoms. The lowest BCUT2D eigenvalue weighted by Gasteiger charge is -2.17. The van der Waals surface area contributed by atoms with Crippen LogP contribution in [0.25, 0.3) is 0 Å². The highest BCUT2D eigenvalue weighted by molar-refractivity contribution is 5.96. The number of amides is 2. The van der Waals surface area contributed by atoms with Gasteiger partial charge >= 0.3 is 5.69 Å². The van der Waals surface area contributed by atoms with Crippen LogP contribution in [0.1, 0.15) is 29.8 Å². The molecule has 27 heavy (non-hydrogen) atoms. The highest BCUT2D eigenvalue weighted by Gasteiger charge is 2.31. The summed E-state index contributed by atoms with van der Waals surface area (Å²) >= 11 is 0. The van der Waals surface area contributed by atoms with Crippen LogP contribution in [-0.2, 0) is 16.1 Å². The minimum atomic E-state index is -0.345. The molecule has 1 aromatic carbocycles.